The molecule has 1 heterocycles. The SMILES string of the molecule is CCCOc1cccc(N2C(=O)C(Nc3cccc(OC)c3)=C(c3ccc(C)cc3)C2=O)c1. The van der Waals surface area contributed by atoms with E-state index in [9.17, 15) is 9.59 Å². The number of methoxy groups -OCH3 is 1. The number of amides is 2. The zero-order valence-corrected chi connectivity index (χ0v) is 18.9. The van der Waals surface area contributed by atoms with E-state index in [0.29, 0.717) is 40.6 Å². The number of nitrogens with one attached hydrogen (secondary N) is 1. The van der Waals surface area contributed by atoms with Gasteiger partial charge < -0.3 is 14.8 Å². The molecule has 1 N–H and O–H groups in total. The number of benzene rings is 3. The maximum absolute atomic E-state index is 13.6. The Morgan fingerprint density at radius 2 is 1.61 bits per heavy atom. The Morgan fingerprint density at radius 1 is 0.879 bits per heavy atom. The molecule has 1 aliphatic heterocycles. The molecule has 3 aromatic rings. The molecular weight excluding hydrogens is 416 g/mol. The highest BCUT2D eigenvalue weighted by molar-refractivity contribution is 6.46. The lowest BCUT2D eigenvalue weighted by Gasteiger charge is -2.17. The minimum absolute atomic E-state index is 0.219. The molecule has 2 amide bonds. The number of nitrogens with zero attached hydrogens (tertiary/aromatic N) is 1. The van der Waals surface area contributed by atoms with Crippen molar-refractivity contribution in [3.63, 3.8) is 0 Å². The number of imide groups is 1. The molecule has 0 aliphatic carbocycles. The number of hydrogen-bond donors (Lipinski definition) is 1. The first kappa shape index (κ1) is 22.1. The second-order valence-corrected chi connectivity index (χ2v) is 7.76. The fourth-order valence-corrected chi connectivity index (χ4v) is 3.65. The largest absolute Gasteiger partial charge is 0.497 e. The van der Waals surface area contributed by atoms with Gasteiger partial charge in [0, 0.05) is 17.8 Å². The average molecular weight is 443 g/mol. The first-order chi connectivity index (χ1) is 16.0. The van der Waals surface area contributed by atoms with Crippen molar-refractivity contribution in [2.75, 3.05) is 23.9 Å². The van der Waals surface area contributed by atoms with Crippen LogP contribution in [0.5, 0.6) is 11.5 Å². The van der Waals surface area contributed by atoms with Gasteiger partial charge in [0.1, 0.15) is 17.2 Å². The molecule has 0 unspecified atom stereocenters. The summed E-state index contributed by atoms with van der Waals surface area (Å²) in [7, 11) is 1.58. The average Bonchev–Trinajstić information content (AvgIpc) is 3.07. The molecule has 0 aromatic heterocycles. The molecule has 4 rings (SSSR count). The second-order valence-electron chi connectivity index (χ2n) is 7.76. The van der Waals surface area contributed by atoms with Gasteiger partial charge in [-0.05, 0) is 43.2 Å². The lowest BCUT2D eigenvalue weighted by atomic mass is 10.0. The molecule has 6 nitrogen and oxygen atoms in total. The van der Waals surface area contributed by atoms with Crippen LogP contribution in [0.1, 0.15) is 24.5 Å². The Labute approximate surface area is 193 Å². The van der Waals surface area contributed by atoms with Gasteiger partial charge in [0.15, 0.2) is 0 Å². The molecule has 0 saturated heterocycles. The summed E-state index contributed by atoms with van der Waals surface area (Å²) < 4.78 is 11.0. The maximum atomic E-state index is 13.6. The third-order valence-corrected chi connectivity index (χ3v) is 5.31. The fourth-order valence-electron chi connectivity index (χ4n) is 3.65. The minimum Gasteiger partial charge on any atom is -0.497 e. The summed E-state index contributed by atoms with van der Waals surface area (Å²) in [6.45, 7) is 4.55. The van der Waals surface area contributed by atoms with Crippen LogP contribution in [0.4, 0.5) is 11.4 Å². The highest BCUT2D eigenvalue weighted by atomic mass is 16.5. The first-order valence-corrected chi connectivity index (χ1v) is 10.9. The lowest BCUT2D eigenvalue weighted by molar-refractivity contribution is -0.120. The predicted molar refractivity (Wildman–Crippen MR) is 129 cm³/mol. The molecule has 0 atom stereocenters. The zero-order chi connectivity index (χ0) is 23.4. The Balaban J connectivity index is 1.76. The van der Waals surface area contributed by atoms with E-state index in [1.807, 2.05) is 62.4 Å². The van der Waals surface area contributed by atoms with E-state index in [1.54, 1.807) is 31.4 Å². The smallest absolute Gasteiger partial charge is 0.282 e. The van der Waals surface area contributed by atoms with E-state index >= 15 is 0 Å². The highest BCUT2D eigenvalue weighted by Crippen LogP contribution is 2.35. The molecular formula is C27H26N2O4. The van der Waals surface area contributed by atoms with Crippen LogP contribution >= 0.6 is 0 Å². The summed E-state index contributed by atoms with van der Waals surface area (Å²) >= 11 is 0. The van der Waals surface area contributed by atoms with Gasteiger partial charge >= 0.3 is 0 Å². The van der Waals surface area contributed by atoms with Crippen LogP contribution in [-0.2, 0) is 9.59 Å². The molecule has 0 saturated carbocycles. The summed E-state index contributed by atoms with van der Waals surface area (Å²) in [4.78, 5) is 28.3. The van der Waals surface area contributed by atoms with Gasteiger partial charge in [0.25, 0.3) is 11.8 Å². The molecule has 0 fully saturated rings. The topological polar surface area (TPSA) is 67.9 Å². The van der Waals surface area contributed by atoms with Crippen molar-refractivity contribution in [3.8, 4) is 11.5 Å². The normalized spacial score (nSPS) is 13.5. The molecule has 0 spiro atoms. The van der Waals surface area contributed by atoms with Gasteiger partial charge in [0.05, 0.1) is 25.0 Å². The standard InChI is InChI=1S/C27H26N2O4/c1-4-15-33-23-10-6-8-21(17-23)29-26(30)24(19-13-11-18(2)12-14-19)25(27(29)31)28-20-7-5-9-22(16-20)32-3/h5-14,16-17,28H,4,15H2,1-3H3. The number of carbonyl (C=O) groups is 2. The van der Waals surface area contributed by atoms with Gasteiger partial charge in [-0.15, -0.1) is 0 Å². The summed E-state index contributed by atoms with van der Waals surface area (Å²) in [5.41, 5.74) is 3.39. The highest BCUT2D eigenvalue weighted by Gasteiger charge is 2.40. The fraction of sp³-hybridized carbons (Fsp3) is 0.185. The van der Waals surface area contributed by atoms with Crippen LogP contribution in [0.3, 0.4) is 0 Å². The van der Waals surface area contributed by atoms with Crippen molar-refractivity contribution >= 4 is 28.8 Å². The number of rotatable bonds is 8. The van der Waals surface area contributed by atoms with Gasteiger partial charge in [-0.1, -0.05) is 48.9 Å². The van der Waals surface area contributed by atoms with Crippen LogP contribution in [-0.4, -0.2) is 25.5 Å². The Morgan fingerprint density at radius 3 is 2.33 bits per heavy atom. The van der Waals surface area contributed by atoms with Crippen molar-refractivity contribution in [1.82, 2.24) is 0 Å². The number of hydrogen-bond acceptors (Lipinski definition) is 5. The van der Waals surface area contributed by atoms with Crippen LogP contribution in [0.25, 0.3) is 5.57 Å². The molecule has 1 aliphatic rings. The molecule has 0 radical (unpaired) electrons. The van der Waals surface area contributed by atoms with Gasteiger partial charge in [-0.25, -0.2) is 4.90 Å². The molecule has 168 valence electrons. The molecule has 33 heavy (non-hydrogen) atoms. The van der Waals surface area contributed by atoms with E-state index in [0.717, 1.165) is 12.0 Å². The van der Waals surface area contributed by atoms with Crippen LogP contribution in [0.2, 0.25) is 0 Å². The number of ether oxygens (including phenoxy) is 2. The quantitative estimate of drug-likeness (QED) is 0.487. The van der Waals surface area contributed by atoms with E-state index in [2.05, 4.69) is 5.32 Å². The third kappa shape index (κ3) is 4.60. The molecule has 0 bridgehead atoms. The second kappa shape index (κ2) is 9.61. The Hall–Kier alpha value is -4.06. The molecule has 6 heteroatoms. The zero-order valence-electron chi connectivity index (χ0n) is 18.9. The van der Waals surface area contributed by atoms with Crippen molar-refractivity contribution in [1.29, 1.82) is 0 Å². The predicted octanol–water partition coefficient (Wildman–Crippen LogP) is 5.19. The summed E-state index contributed by atoms with van der Waals surface area (Å²) in [6, 6.07) is 21.8. The van der Waals surface area contributed by atoms with E-state index in [-0.39, 0.29) is 11.6 Å². The number of aryl methyl sites for hydroxylation is 1. The number of carbonyl (C=O) groups excluding carboxylic acids is 2. The van der Waals surface area contributed by atoms with Gasteiger partial charge in [-0.2, -0.15) is 0 Å². The van der Waals surface area contributed by atoms with Gasteiger partial charge in [0.2, 0.25) is 0 Å². The van der Waals surface area contributed by atoms with Crippen molar-refractivity contribution < 1.29 is 19.1 Å². The summed E-state index contributed by atoms with van der Waals surface area (Å²) in [5, 5.41) is 3.16. The van der Waals surface area contributed by atoms with Gasteiger partial charge in [-0.3, -0.25) is 9.59 Å². The van der Waals surface area contributed by atoms with Crippen molar-refractivity contribution in [2.24, 2.45) is 0 Å². The Bertz CT molecular complexity index is 1210. The third-order valence-electron chi connectivity index (χ3n) is 5.31. The summed E-state index contributed by atoms with van der Waals surface area (Å²) in [6.07, 6.45) is 0.861. The van der Waals surface area contributed by atoms with Crippen molar-refractivity contribution in [3.05, 3.63) is 89.6 Å². The lowest BCUT2D eigenvalue weighted by Crippen LogP contribution is -2.32. The van der Waals surface area contributed by atoms with E-state index < -0.39 is 5.91 Å². The first-order valence-electron chi connectivity index (χ1n) is 10.9. The summed E-state index contributed by atoms with van der Waals surface area (Å²) in [5.74, 6) is 0.445. The Kier molecular flexibility index (Phi) is 6.45. The monoisotopic (exact) mass is 442 g/mol. The van der Waals surface area contributed by atoms with Crippen LogP contribution in [0.15, 0.2) is 78.5 Å². The molecule has 3 aromatic carbocycles. The maximum Gasteiger partial charge on any atom is 0.282 e. The van der Waals surface area contributed by atoms with E-state index in [1.165, 1.54) is 4.90 Å². The van der Waals surface area contributed by atoms with Crippen molar-refractivity contribution in [2.45, 2.75) is 20.3 Å². The number of anilines is 2. The minimum atomic E-state index is -0.425. The van der Waals surface area contributed by atoms with Crippen LogP contribution < -0.4 is 19.7 Å². The van der Waals surface area contributed by atoms with Crippen LogP contribution in [0, 0.1) is 6.92 Å². The van der Waals surface area contributed by atoms with E-state index in [4.69, 9.17) is 9.47 Å².